The Kier molecular flexibility index (Phi) is 8.49. The Morgan fingerprint density at radius 1 is 1.04 bits per heavy atom. The second-order valence-corrected chi connectivity index (χ2v) is 8.81. The first-order chi connectivity index (χ1) is 12.0. The van der Waals surface area contributed by atoms with E-state index in [0.717, 1.165) is 24.4 Å². The van der Waals surface area contributed by atoms with Crippen molar-refractivity contribution in [3.05, 3.63) is 35.4 Å². The summed E-state index contributed by atoms with van der Waals surface area (Å²) in [5.74, 6) is 3.04. The lowest BCUT2D eigenvalue weighted by atomic mass is 9.82. The van der Waals surface area contributed by atoms with Crippen molar-refractivity contribution in [3.63, 3.8) is 0 Å². The van der Waals surface area contributed by atoms with Crippen LogP contribution in [0.1, 0.15) is 89.7 Å². The highest BCUT2D eigenvalue weighted by atomic mass is 16.5. The van der Waals surface area contributed by atoms with Gasteiger partial charge in [-0.1, -0.05) is 70.4 Å². The molecule has 2 rings (SSSR count). The average molecular weight is 345 g/mol. The summed E-state index contributed by atoms with van der Waals surface area (Å²) in [4.78, 5) is 0. The Morgan fingerprint density at radius 2 is 1.76 bits per heavy atom. The highest BCUT2D eigenvalue weighted by Crippen LogP contribution is 2.34. The molecule has 1 aliphatic rings. The number of hydrogen-bond donors (Lipinski definition) is 0. The lowest BCUT2D eigenvalue weighted by Crippen LogP contribution is -2.25. The molecule has 25 heavy (non-hydrogen) atoms. The Bertz CT molecular complexity index is 487. The summed E-state index contributed by atoms with van der Waals surface area (Å²) in [5, 5.41) is 0. The molecule has 1 saturated carbocycles. The van der Waals surface area contributed by atoms with E-state index in [1.165, 1.54) is 56.1 Å². The van der Waals surface area contributed by atoms with Crippen molar-refractivity contribution in [2.45, 2.75) is 91.6 Å². The molecular weight excluding hydrogens is 304 g/mol. The summed E-state index contributed by atoms with van der Waals surface area (Å²) < 4.78 is 6.32. The van der Waals surface area contributed by atoms with E-state index in [2.05, 4.69) is 58.9 Å². The van der Waals surface area contributed by atoms with E-state index < -0.39 is 0 Å². The molecule has 0 spiro atoms. The third kappa shape index (κ3) is 6.77. The molecule has 1 fully saturated rings. The molecule has 0 heterocycles. The quantitative estimate of drug-likeness (QED) is 0.462. The predicted octanol–water partition coefficient (Wildman–Crippen LogP) is 7.14. The molecule has 1 aromatic carbocycles. The van der Waals surface area contributed by atoms with Crippen molar-refractivity contribution >= 4 is 0 Å². The molecule has 3 atom stereocenters. The van der Waals surface area contributed by atoms with Gasteiger partial charge in [0, 0.05) is 6.61 Å². The maximum atomic E-state index is 6.32. The fourth-order valence-electron chi connectivity index (χ4n) is 4.42. The fraction of sp³-hybridized carbons (Fsp3) is 0.750. The van der Waals surface area contributed by atoms with E-state index in [0.29, 0.717) is 12.0 Å². The van der Waals surface area contributed by atoms with E-state index in [9.17, 15) is 0 Å². The molecular formula is C24H40O. The molecule has 142 valence electrons. The van der Waals surface area contributed by atoms with Crippen molar-refractivity contribution in [3.8, 4) is 0 Å². The number of rotatable bonds is 9. The van der Waals surface area contributed by atoms with Crippen LogP contribution in [0.2, 0.25) is 0 Å². The number of hydrogen-bond acceptors (Lipinski definition) is 1. The van der Waals surface area contributed by atoms with Gasteiger partial charge in [0.1, 0.15) is 0 Å². The van der Waals surface area contributed by atoms with Crippen molar-refractivity contribution in [1.29, 1.82) is 0 Å². The monoisotopic (exact) mass is 344 g/mol. The molecule has 1 aromatic rings. The minimum absolute atomic E-state index is 0.490. The van der Waals surface area contributed by atoms with Gasteiger partial charge in [0.15, 0.2) is 0 Å². The van der Waals surface area contributed by atoms with E-state index in [1.807, 2.05) is 0 Å². The zero-order valence-electron chi connectivity index (χ0n) is 17.3. The maximum absolute atomic E-state index is 6.32. The maximum Gasteiger partial charge on any atom is 0.0575 e. The molecule has 0 bridgehead atoms. The van der Waals surface area contributed by atoms with Crippen molar-refractivity contribution in [1.82, 2.24) is 0 Å². The highest BCUT2D eigenvalue weighted by Gasteiger charge is 2.24. The van der Waals surface area contributed by atoms with Gasteiger partial charge in [0.25, 0.3) is 0 Å². The number of aryl methyl sites for hydroxylation is 1. The van der Waals surface area contributed by atoms with Crippen LogP contribution < -0.4 is 0 Å². The molecule has 0 N–H and O–H groups in total. The van der Waals surface area contributed by atoms with Crippen LogP contribution in [0.15, 0.2) is 24.3 Å². The average Bonchev–Trinajstić information content (AvgIpc) is 2.60. The van der Waals surface area contributed by atoms with E-state index in [4.69, 9.17) is 4.74 Å². The lowest BCUT2D eigenvalue weighted by Gasteiger charge is -2.31. The van der Waals surface area contributed by atoms with E-state index in [-0.39, 0.29) is 0 Å². The molecule has 0 amide bonds. The first-order valence-electron chi connectivity index (χ1n) is 10.7. The van der Waals surface area contributed by atoms with E-state index >= 15 is 0 Å². The third-order valence-corrected chi connectivity index (χ3v) is 6.31. The Balaban J connectivity index is 1.69. The summed E-state index contributed by atoms with van der Waals surface area (Å²) in [6.07, 6.45) is 9.53. The van der Waals surface area contributed by atoms with Crippen LogP contribution in [0.5, 0.6) is 0 Å². The lowest BCUT2D eigenvalue weighted by molar-refractivity contribution is -0.00314. The predicted molar refractivity (Wildman–Crippen MR) is 109 cm³/mol. The van der Waals surface area contributed by atoms with Gasteiger partial charge in [0.2, 0.25) is 0 Å². The van der Waals surface area contributed by atoms with Gasteiger partial charge in [-0.3, -0.25) is 0 Å². The van der Waals surface area contributed by atoms with Gasteiger partial charge >= 0.3 is 0 Å². The van der Waals surface area contributed by atoms with Crippen molar-refractivity contribution in [2.75, 3.05) is 6.61 Å². The van der Waals surface area contributed by atoms with E-state index in [1.54, 1.807) is 0 Å². The number of benzene rings is 1. The largest absolute Gasteiger partial charge is 0.378 e. The zero-order chi connectivity index (χ0) is 18.2. The summed E-state index contributed by atoms with van der Waals surface area (Å²) >= 11 is 0. The normalized spacial score (nSPS) is 24.7. The highest BCUT2D eigenvalue weighted by molar-refractivity contribution is 5.25. The zero-order valence-corrected chi connectivity index (χ0v) is 17.3. The Morgan fingerprint density at radius 3 is 2.40 bits per heavy atom. The van der Waals surface area contributed by atoms with Crippen LogP contribution in [0.25, 0.3) is 0 Å². The van der Waals surface area contributed by atoms with Gasteiger partial charge in [-0.05, 0) is 68.3 Å². The molecule has 1 heteroatoms. The fourth-order valence-corrected chi connectivity index (χ4v) is 4.42. The van der Waals surface area contributed by atoms with Crippen molar-refractivity contribution in [2.24, 2.45) is 17.8 Å². The van der Waals surface area contributed by atoms with Crippen molar-refractivity contribution < 1.29 is 4.74 Å². The first kappa shape index (κ1) is 20.5. The topological polar surface area (TPSA) is 9.23 Å². The van der Waals surface area contributed by atoms with Crippen LogP contribution in [-0.2, 0) is 4.74 Å². The second kappa shape index (κ2) is 10.4. The summed E-state index contributed by atoms with van der Waals surface area (Å²) in [6.45, 7) is 12.6. The molecule has 1 nitrogen and oxygen atoms in total. The Hall–Kier alpha value is -0.820. The third-order valence-electron chi connectivity index (χ3n) is 6.31. The summed E-state index contributed by atoms with van der Waals surface area (Å²) in [6, 6.07) is 9.07. The second-order valence-electron chi connectivity index (χ2n) is 8.81. The summed E-state index contributed by atoms with van der Waals surface area (Å²) in [5.41, 5.74) is 2.92. The minimum atomic E-state index is 0.490. The molecule has 1 aliphatic carbocycles. The van der Waals surface area contributed by atoms with Crippen LogP contribution in [0.3, 0.4) is 0 Å². The van der Waals surface area contributed by atoms with Gasteiger partial charge in [-0.2, -0.15) is 0 Å². The molecule has 0 aromatic heterocycles. The van der Waals surface area contributed by atoms with Crippen LogP contribution >= 0.6 is 0 Å². The smallest absolute Gasteiger partial charge is 0.0575 e. The molecule has 0 saturated heterocycles. The van der Waals surface area contributed by atoms with Crippen LogP contribution in [0, 0.1) is 24.7 Å². The molecule has 0 unspecified atom stereocenters. The SMILES string of the molecule is CCC[C@H](C)C[C@H](C)[C@@H](C)COC1CCC(c2cccc(C)c2)CC1. The van der Waals surface area contributed by atoms with Gasteiger partial charge < -0.3 is 4.74 Å². The minimum Gasteiger partial charge on any atom is -0.378 e. The van der Waals surface area contributed by atoms with Gasteiger partial charge in [-0.15, -0.1) is 0 Å². The van der Waals surface area contributed by atoms with Gasteiger partial charge in [0.05, 0.1) is 6.10 Å². The van der Waals surface area contributed by atoms with Crippen LogP contribution in [0.4, 0.5) is 0 Å². The molecule has 0 aliphatic heterocycles. The van der Waals surface area contributed by atoms with Gasteiger partial charge in [-0.25, -0.2) is 0 Å². The first-order valence-corrected chi connectivity index (χ1v) is 10.7. The van der Waals surface area contributed by atoms with Crippen LogP contribution in [-0.4, -0.2) is 12.7 Å². The summed E-state index contributed by atoms with van der Waals surface area (Å²) in [7, 11) is 0. The molecule has 0 radical (unpaired) electrons. The Labute approximate surface area is 156 Å². The standard InChI is InChI=1S/C24H40O/c1-6-8-18(2)15-20(4)21(5)17-25-24-13-11-22(12-14-24)23-10-7-9-19(3)16-23/h7,9-10,16,18,20-22,24H,6,8,11-15,17H2,1-5H3/t18-,20-,21-,22?,24?/m0/s1. The number of ether oxygens (including phenoxy) is 1.